The number of halogens is 1. The standard InChI is InChI=1S/C14H16ClN3OS/c1-3-13-17-12(15)8-14(18-13)19-11-6-4-10(5-7-11)9-20-16-2/h4-8,16H,3,9H2,1-2H3. The number of nitrogens with zero attached hydrogens (tertiary/aromatic N) is 2. The molecule has 2 aromatic rings. The largest absolute Gasteiger partial charge is 0.439 e. The summed E-state index contributed by atoms with van der Waals surface area (Å²) in [5, 5.41) is 0.397. The van der Waals surface area contributed by atoms with Gasteiger partial charge in [0.25, 0.3) is 0 Å². The van der Waals surface area contributed by atoms with Crippen LogP contribution in [0.3, 0.4) is 0 Å². The molecule has 6 heteroatoms. The third-order valence-corrected chi connectivity index (χ3v) is 3.52. The first-order chi connectivity index (χ1) is 9.71. The molecule has 0 fully saturated rings. The molecule has 4 nitrogen and oxygen atoms in total. The van der Waals surface area contributed by atoms with E-state index in [1.807, 2.05) is 38.2 Å². The maximum Gasteiger partial charge on any atom is 0.224 e. The van der Waals surface area contributed by atoms with Gasteiger partial charge in [-0.1, -0.05) is 42.6 Å². The van der Waals surface area contributed by atoms with Gasteiger partial charge in [0, 0.05) is 18.2 Å². The van der Waals surface area contributed by atoms with E-state index in [0.29, 0.717) is 16.9 Å². The Kier molecular flexibility index (Phi) is 5.64. The predicted octanol–water partition coefficient (Wildman–Crippen LogP) is 3.85. The molecule has 0 amide bonds. The zero-order chi connectivity index (χ0) is 14.4. The molecule has 1 aromatic heterocycles. The van der Waals surface area contributed by atoms with E-state index in [1.165, 1.54) is 5.56 Å². The quantitative estimate of drug-likeness (QED) is 0.648. The Balaban J connectivity index is 2.07. The number of hydrogen-bond acceptors (Lipinski definition) is 5. The third-order valence-electron chi connectivity index (χ3n) is 2.56. The summed E-state index contributed by atoms with van der Waals surface area (Å²) in [5.41, 5.74) is 1.23. The Labute approximate surface area is 128 Å². The molecule has 0 saturated carbocycles. The van der Waals surface area contributed by atoms with E-state index in [1.54, 1.807) is 18.0 Å². The molecule has 0 radical (unpaired) electrons. The monoisotopic (exact) mass is 309 g/mol. The lowest BCUT2D eigenvalue weighted by atomic mass is 10.2. The molecule has 106 valence electrons. The van der Waals surface area contributed by atoms with Gasteiger partial charge in [0.15, 0.2) is 0 Å². The fraction of sp³-hybridized carbons (Fsp3) is 0.286. The molecule has 0 saturated heterocycles. The van der Waals surface area contributed by atoms with E-state index in [2.05, 4.69) is 14.7 Å². The van der Waals surface area contributed by atoms with Crippen molar-refractivity contribution in [2.75, 3.05) is 7.05 Å². The molecule has 1 N–H and O–H groups in total. The number of benzene rings is 1. The second-order valence-corrected chi connectivity index (χ2v) is 5.41. The molecule has 0 unspecified atom stereocenters. The average molecular weight is 310 g/mol. The van der Waals surface area contributed by atoms with Crippen molar-refractivity contribution in [1.82, 2.24) is 14.7 Å². The Morgan fingerprint density at radius 2 is 2.00 bits per heavy atom. The van der Waals surface area contributed by atoms with E-state index in [9.17, 15) is 0 Å². The van der Waals surface area contributed by atoms with Gasteiger partial charge in [0.2, 0.25) is 5.88 Å². The number of aromatic nitrogens is 2. The first-order valence-corrected chi connectivity index (χ1v) is 7.66. The number of hydrogen-bond donors (Lipinski definition) is 1. The van der Waals surface area contributed by atoms with Crippen LogP contribution in [-0.2, 0) is 12.2 Å². The molecule has 2 rings (SSSR count). The van der Waals surface area contributed by atoms with Crippen LogP contribution in [0.25, 0.3) is 0 Å². The molecule has 0 aliphatic carbocycles. The first kappa shape index (κ1) is 15.1. The number of aryl methyl sites for hydroxylation is 1. The molecule has 1 heterocycles. The second kappa shape index (κ2) is 7.47. The van der Waals surface area contributed by atoms with Gasteiger partial charge < -0.3 is 4.74 Å². The predicted molar refractivity (Wildman–Crippen MR) is 83.3 cm³/mol. The lowest BCUT2D eigenvalue weighted by Crippen LogP contribution is -1.96. The van der Waals surface area contributed by atoms with Gasteiger partial charge in [-0.05, 0) is 24.7 Å². The van der Waals surface area contributed by atoms with Gasteiger partial charge in [-0.2, -0.15) is 4.98 Å². The Hall–Kier alpha value is -1.30. The Morgan fingerprint density at radius 3 is 2.65 bits per heavy atom. The van der Waals surface area contributed by atoms with Crippen LogP contribution in [0.15, 0.2) is 30.3 Å². The second-order valence-electron chi connectivity index (χ2n) is 4.04. The highest BCUT2D eigenvalue weighted by Gasteiger charge is 2.04. The summed E-state index contributed by atoms with van der Waals surface area (Å²) < 4.78 is 8.75. The van der Waals surface area contributed by atoms with Crippen molar-refractivity contribution in [3.63, 3.8) is 0 Å². The van der Waals surface area contributed by atoms with Crippen molar-refractivity contribution in [3.8, 4) is 11.6 Å². The molecule has 1 aromatic carbocycles. The topological polar surface area (TPSA) is 47.0 Å². The summed E-state index contributed by atoms with van der Waals surface area (Å²) in [7, 11) is 1.91. The minimum absolute atomic E-state index is 0.397. The van der Waals surface area contributed by atoms with Crippen molar-refractivity contribution in [3.05, 3.63) is 46.9 Å². The molecule has 20 heavy (non-hydrogen) atoms. The highest BCUT2D eigenvalue weighted by atomic mass is 35.5. The van der Waals surface area contributed by atoms with Gasteiger partial charge in [-0.25, -0.2) is 4.98 Å². The number of ether oxygens (including phenoxy) is 1. The SMILES string of the molecule is CCc1nc(Cl)cc(Oc2ccc(CSNC)cc2)n1. The van der Waals surface area contributed by atoms with Gasteiger partial charge >= 0.3 is 0 Å². The Morgan fingerprint density at radius 1 is 1.25 bits per heavy atom. The van der Waals surface area contributed by atoms with Gasteiger partial charge in [0.1, 0.15) is 16.7 Å². The molecule has 0 aliphatic heterocycles. The van der Waals surface area contributed by atoms with Crippen molar-refractivity contribution >= 4 is 23.5 Å². The van der Waals surface area contributed by atoms with E-state index >= 15 is 0 Å². The van der Waals surface area contributed by atoms with Crippen LogP contribution in [0.1, 0.15) is 18.3 Å². The molecular weight excluding hydrogens is 294 g/mol. The summed E-state index contributed by atoms with van der Waals surface area (Å²) in [4.78, 5) is 8.39. The maximum atomic E-state index is 5.94. The minimum Gasteiger partial charge on any atom is -0.439 e. The molecule has 0 bridgehead atoms. The van der Waals surface area contributed by atoms with Gasteiger partial charge in [-0.3, -0.25) is 4.72 Å². The Bertz CT molecular complexity index is 563. The first-order valence-electron chi connectivity index (χ1n) is 6.30. The van der Waals surface area contributed by atoms with Crippen LogP contribution in [0, 0.1) is 0 Å². The van der Waals surface area contributed by atoms with Crippen molar-refractivity contribution in [1.29, 1.82) is 0 Å². The summed E-state index contributed by atoms with van der Waals surface area (Å²) in [6.07, 6.45) is 0.719. The molecule has 0 aliphatic rings. The zero-order valence-electron chi connectivity index (χ0n) is 11.4. The third kappa shape index (κ3) is 4.37. The van der Waals surface area contributed by atoms with Gasteiger partial charge in [-0.15, -0.1) is 0 Å². The maximum absolute atomic E-state index is 5.94. The molecule has 0 atom stereocenters. The zero-order valence-corrected chi connectivity index (χ0v) is 13.0. The van der Waals surface area contributed by atoms with Crippen LogP contribution in [0.2, 0.25) is 5.15 Å². The number of rotatable bonds is 6. The molecule has 0 spiro atoms. The fourth-order valence-corrected chi connectivity index (χ4v) is 2.28. The molecular formula is C14H16ClN3OS. The summed E-state index contributed by atoms with van der Waals surface area (Å²) >= 11 is 7.59. The van der Waals surface area contributed by atoms with Gasteiger partial charge in [0.05, 0.1) is 0 Å². The number of nitrogens with one attached hydrogen (secondary N) is 1. The smallest absolute Gasteiger partial charge is 0.224 e. The van der Waals surface area contributed by atoms with E-state index < -0.39 is 0 Å². The van der Waals surface area contributed by atoms with Crippen molar-refractivity contribution in [2.45, 2.75) is 19.1 Å². The van der Waals surface area contributed by atoms with Crippen LogP contribution in [0.4, 0.5) is 0 Å². The normalized spacial score (nSPS) is 10.6. The highest BCUT2D eigenvalue weighted by Crippen LogP contribution is 2.23. The van der Waals surface area contributed by atoms with E-state index in [0.717, 1.165) is 17.9 Å². The average Bonchev–Trinajstić information content (AvgIpc) is 2.46. The fourth-order valence-electron chi connectivity index (χ4n) is 1.58. The van der Waals surface area contributed by atoms with Crippen LogP contribution in [0.5, 0.6) is 11.6 Å². The lowest BCUT2D eigenvalue weighted by molar-refractivity contribution is 0.458. The van der Waals surface area contributed by atoms with Crippen molar-refractivity contribution < 1.29 is 4.74 Å². The van der Waals surface area contributed by atoms with Crippen LogP contribution in [-0.4, -0.2) is 17.0 Å². The highest BCUT2D eigenvalue weighted by molar-refractivity contribution is 7.96. The lowest BCUT2D eigenvalue weighted by Gasteiger charge is -2.07. The minimum atomic E-state index is 0.397. The summed E-state index contributed by atoms with van der Waals surface area (Å²) in [5.74, 6) is 2.80. The van der Waals surface area contributed by atoms with Crippen LogP contribution < -0.4 is 9.46 Å². The summed E-state index contributed by atoms with van der Waals surface area (Å²) in [6, 6.07) is 9.53. The van der Waals surface area contributed by atoms with E-state index in [-0.39, 0.29) is 0 Å². The summed E-state index contributed by atoms with van der Waals surface area (Å²) in [6.45, 7) is 1.98. The van der Waals surface area contributed by atoms with E-state index in [4.69, 9.17) is 16.3 Å². The van der Waals surface area contributed by atoms with Crippen molar-refractivity contribution in [2.24, 2.45) is 0 Å². The van der Waals surface area contributed by atoms with Crippen LogP contribution >= 0.6 is 23.5 Å².